The minimum absolute atomic E-state index is 0.0351. The molecule has 4 rings (SSSR count). The van der Waals surface area contributed by atoms with Gasteiger partial charge in [0, 0.05) is 17.4 Å². The SMILES string of the molecule is CNC(=O)C[C@@]12CC(=O)[OH+][B-]([C@@H](CC(=O)[C@@H](NC(=O)c3cccc(-c4ccccc4)n3)[C@@H](C)O)CC(C)C)(OC1=O)O2. The number of benzene rings is 1. The van der Waals surface area contributed by atoms with Gasteiger partial charge in [-0.15, -0.1) is 0 Å². The van der Waals surface area contributed by atoms with Crippen molar-refractivity contribution in [2.45, 2.75) is 70.0 Å². The highest BCUT2D eigenvalue weighted by molar-refractivity contribution is 6.67. The summed E-state index contributed by atoms with van der Waals surface area (Å²) in [5.74, 6) is -4.22. The number of carbonyl (C=O) groups excluding carboxylic acids is 4. The topological polar surface area (TPSA) is 174 Å². The summed E-state index contributed by atoms with van der Waals surface area (Å²) in [4.78, 5) is 69.1. The highest BCUT2D eigenvalue weighted by Crippen LogP contribution is 2.47. The third kappa shape index (κ3) is 6.52. The molecule has 4 N–H and O–H groups in total. The molecular weight excluding hydrogens is 545 g/mol. The van der Waals surface area contributed by atoms with Gasteiger partial charge in [-0.25, -0.2) is 4.98 Å². The number of amides is 2. The van der Waals surface area contributed by atoms with Gasteiger partial charge >= 0.3 is 12.7 Å². The number of nitrogens with one attached hydrogen (secondary N) is 2. The predicted octanol–water partition coefficient (Wildman–Crippen LogP) is 1.45. The van der Waals surface area contributed by atoms with Crippen LogP contribution in [0.2, 0.25) is 5.82 Å². The maximum absolute atomic E-state index is 13.6. The number of carboxylic acids is 1. The second kappa shape index (κ2) is 12.4. The number of aliphatic hydroxyl groups is 1. The second-order valence-electron chi connectivity index (χ2n) is 11.3. The first-order valence-corrected chi connectivity index (χ1v) is 14.0. The minimum atomic E-state index is -2.97. The van der Waals surface area contributed by atoms with E-state index in [4.69, 9.17) is 9.31 Å². The number of nitrogens with zero attached hydrogens (tertiary/aromatic N) is 1. The zero-order valence-electron chi connectivity index (χ0n) is 24.0. The Bertz CT molecular complexity index is 1370. The number of aliphatic hydroxyl groups excluding tert-OH is 1. The molecule has 2 saturated heterocycles. The van der Waals surface area contributed by atoms with Gasteiger partial charge < -0.3 is 29.7 Å². The lowest BCUT2D eigenvalue weighted by Crippen LogP contribution is -2.59. The fraction of sp³-hybridized carbons (Fsp3) is 0.448. The summed E-state index contributed by atoms with van der Waals surface area (Å²) < 4.78 is 15.8. The van der Waals surface area contributed by atoms with Crippen molar-refractivity contribution in [1.82, 2.24) is 15.6 Å². The first-order chi connectivity index (χ1) is 19.9. The number of carbonyl (C=O) groups is 5. The number of hydrogen-bond donors (Lipinski definition) is 3. The fourth-order valence-corrected chi connectivity index (χ4v) is 5.55. The van der Waals surface area contributed by atoms with E-state index in [1.54, 1.807) is 12.1 Å². The first-order valence-electron chi connectivity index (χ1n) is 14.0. The van der Waals surface area contributed by atoms with Gasteiger partial charge in [0.1, 0.15) is 18.2 Å². The van der Waals surface area contributed by atoms with Crippen LogP contribution < -0.4 is 10.6 Å². The highest BCUT2D eigenvalue weighted by atomic mass is 16.8. The van der Waals surface area contributed by atoms with E-state index in [-0.39, 0.29) is 24.5 Å². The van der Waals surface area contributed by atoms with Gasteiger partial charge in [-0.05, 0) is 37.2 Å². The van der Waals surface area contributed by atoms with Crippen LogP contribution in [0.1, 0.15) is 56.9 Å². The normalized spacial score (nSPS) is 23.4. The molecule has 3 heterocycles. The summed E-state index contributed by atoms with van der Waals surface area (Å²) in [7, 11) is 1.39. The van der Waals surface area contributed by atoms with Crippen molar-refractivity contribution in [2.75, 3.05) is 7.05 Å². The average molecular weight is 581 g/mol. The first kappa shape index (κ1) is 30.9. The molecule has 2 bridgehead atoms. The molecule has 0 aliphatic carbocycles. The lowest BCUT2D eigenvalue weighted by atomic mass is 9.57. The van der Waals surface area contributed by atoms with Crippen LogP contribution in [0.15, 0.2) is 48.5 Å². The van der Waals surface area contributed by atoms with E-state index in [0.29, 0.717) is 5.69 Å². The van der Waals surface area contributed by atoms with Crippen LogP contribution in [0.3, 0.4) is 0 Å². The molecule has 2 aliphatic heterocycles. The molecule has 2 aromatic rings. The largest absolute Gasteiger partial charge is 0.718 e. The summed E-state index contributed by atoms with van der Waals surface area (Å²) in [6.07, 6.45) is -2.23. The third-order valence-electron chi connectivity index (χ3n) is 7.53. The molecule has 2 aliphatic rings. The van der Waals surface area contributed by atoms with Gasteiger partial charge in [0.25, 0.3) is 11.9 Å². The number of aromatic nitrogens is 1. The molecule has 0 radical (unpaired) electrons. The van der Waals surface area contributed by atoms with Crippen molar-refractivity contribution in [1.29, 1.82) is 0 Å². The van der Waals surface area contributed by atoms with Crippen molar-refractivity contribution in [3.8, 4) is 11.3 Å². The summed E-state index contributed by atoms with van der Waals surface area (Å²) in [5.41, 5.74) is -0.412. The van der Waals surface area contributed by atoms with Gasteiger partial charge in [-0.1, -0.05) is 56.7 Å². The van der Waals surface area contributed by atoms with Gasteiger partial charge in [-0.2, -0.15) is 0 Å². The Morgan fingerprint density at radius 2 is 1.81 bits per heavy atom. The quantitative estimate of drug-likeness (QED) is 0.248. The van der Waals surface area contributed by atoms with Gasteiger partial charge in [0.2, 0.25) is 5.91 Å². The Labute approximate surface area is 243 Å². The highest BCUT2D eigenvalue weighted by Gasteiger charge is 2.68. The number of Topliss-reactive ketones (excluding diaryl/α,β-unsaturated/α-hetero) is 1. The van der Waals surface area contributed by atoms with Crippen LogP contribution in [0.5, 0.6) is 0 Å². The molecule has 12 nitrogen and oxygen atoms in total. The van der Waals surface area contributed by atoms with Crippen molar-refractivity contribution in [3.63, 3.8) is 0 Å². The lowest BCUT2D eigenvalue weighted by molar-refractivity contribution is -0.169. The second-order valence-corrected chi connectivity index (χ2v) is 11.3. The van der Waals surface area contributed by atoms with Gasteiger partial charge in [0.05, 0.1) is 18.2 Å². The summed E-state index contributed by atoms with van der Waals surface area (Å²) >= 11 is 0. The number of rotatable bonds is 12. The standard InChI is InChI=1S/C29H36BN3O9/c1-17(2)13-20(30-40-25(37)16-29(42-30,28(39)41-30)15-24(36)31-4)14-23(35)26(18(3)34)33-27(38)22-12-8-11-21(32-22)19-9-6-5-7-10-19/h5-12,17-18,20,26,34,40H,13-16H2,1-4H3,(H,31,36)(H,33,38)/t18-,20-,26+,29-,30?/m1/s1. The molecule has 2 amide bonds. The molecule has 1 unspecified atom stereocenters. The van der Waals surface area contributed by atoms with E-state index >= 15 is 0 Å². The minimum Gasteiger partial charge on any atom is -0.718 e. The monoisotopic (exact) mass is 581 g/mol. The lowest BCUT2D eigenvalue weighted by Gasteiger charge is -2.43. The third-order valence-corrected chi connectivity index (χ3v) is 7.53. The number of fused-ring (bicyclic) bond motifs is 2. The van der Waals surface area contributed by atoms with Crippen molar-refractivity contribution in [2.24, 2.45) is 5.92 Å². The number of ketones is 1. The molecular formula is C29H36BN3O9. The van der Waals surface area contributed by atoms with Crippen LogP contribution in [0.25, 0.3) is 11.3 Å². The van der Waals surface area contributed by atoms with E-state index < -0.39 is 72.7 Å². The summed E-state index contributed by atoms with van der Waals surface area (Å²) in [6.45, 7) is 2.15. The maximum Gasteiger partial charge on any atom is 0.576 e. The smallest absolute Gasteiger partial charge is 0.576 e. The molecule has 224 valence electrons. The van der Waals surface area contributed by atoms with Crippen LogP contribution in [-0.2, 0) is 28.5 Å². The summed E-state index contributed by atoms with van der Waals surface area (Å²) in [6, 6.07) is 12.8. The van der Waals surface area contributed by atoms with Crippen LogP contribution in [0.4, 0.5) is 0 Å². The fourth-order valence-electron chi connectivity index (χ4n) is 5.55. The Morgan fingerprint density at radius 1 is 1.10 bits per heavy atom. The van der Waals surface area contributed by atoms with Crippen LogP contribution in [0, 0.1) is 5.92 Å². The average Bonchev–Trinajstić information content (AvgIpc) is 3.15. The Morgan fingerprint density at radius 3 is 2.45 bits per heavy atom. The van der Waals surface area contributed by atoms with Gasteiger partial charge in [-0.3, -0.25) is 19.2 Å². The van der Waals surface area contributed by atoms with E-state index in [1.807, 2.05) is 44.2 Å². The zero-order chi connectivity index (χ0) is 30.7. The van der Waals surface area contributed by atoms with Crippen molar-refractivity contribution in [3.05, 3.63) is 54.2 Å². The van der Waals surface area contributed by atoms with Crippen molar-refractivity contribution >= 4 is 36.3 Å². The molecule has 42 heavy (non-hydrogen) atoms. The van der Waals surface area contributed by atoms with E-state index in [0.717, 1.165) is 5.56 Å². The Kier molecular flexibility index (Phi) is 9.12. The molecule has 13 heteroatoms. The molecule has 0 saturated carbocycles. The number of aliphatic carboxylic acids is 1. The maximum atomic E-state index is 13.6. The predicted molar refractivity (Wildman–Crippen MR) is 152 cm³/mol. The van der Waals surface area contributed by atoms with Gasteiger partial charge in [0.15, 0.2) is 11.4 Å². The Balaban J connectivity index is 1.56. The van der Waals surface area contributed by atoms with E-state index in [2.05, 4.69) is 20.3 Å². The Hall–Kier alpha value is -4.10. The number of pyridine rings is 1. The molecule has 1 aromatic heterocycles. The molecule has 5 atom stereocenters. The van der Waals surface area contributed by atoms with E-state index in [1.165, 1.54) is 20.0 Å². The number of hydrogen-bond acceptors (Lipinski definition) is 9. The molecule has 1 aromatic carbocycles. The van der Waals surface area contributed by atoms with Crippen molar-refractivity contribution < 1.29 is 43.0 Å². The van der Waals surface area contributed by atoms with E-state index in [9.17, 15) is 29.1 Å². The van der Waals surface area contributed by atoms with Crippen LogP contribution >= 0.6 is 0 Å². The molecule has 2 fully saturated rings. The van der Waals surface area contributed by atoms with Crippen LogP contribution in [-0.4, -0.2) is 75.8 Å². The molecule has 0 spiro atoms. The summed E-state index contributed by atoms with van der Waals surface area (Å²) in [5, 5.41) is 15.5. The zero-order valence-corrected chi connectivity index (χ0v) is 24.0.